The van der Waals surface area contributed by atoms with Gasteiger partial charge in [0.15, 0.2) is 5.78 Å². The fraction of sp³-hybridized carbons (Fsp3) is 0.483. The van der Waals surface area contributed by atoms with E-state index < -0.39 is 0 Å². The second-order valence-electron chi connectivity index (χ2n) is 10.6. The predicted molar refractivity (Wildman–Crippen MR) is 133 cm³/mol. The highest BCUT2D eigenvalue weighted by molar-refractivity contribution is 6.32. The topological polar surface area (TPSA) is 35.5 Å². The smallest absolute Gasteiger partial charge is 0.161 e. The normalized spacial score (nSPS) is 27.8. The molecule has 2 aromatic carbocycles. The summed E-state index contributed by atoms with van der Waals surface area (Å²) in [6.45, 7) is 4.35. The van der Waals surface area contributed by atoms with Gasteiger partial charge in [0.25, 0.3) is 0 Å². The molecule has 0 spiro atoms. The lowest BCUT2D eigenvalue weighted by Gasteiger charge is -2.55. The first-order valence-electron chi connectivity index (χ1n) is 12.1. The maximum absolute atomic E-state index is 13.3. The van der Waals surface area contributed by atoms with Gasteiger partial charge in [-0.1, -0.05) is 23.7 Å². The molecule has 0 radical (unpaired) electrons. The molecule has 3 nitrogen and oxygen atoms in total. The summed E-state index contributed by atoms with van der Waals surface area (Å²) in [7, 11) is 1.67. The number of aryl methyl sites for hydroxylation is 2. The third-order valence-electron chi connectivity index (χ3n) is 8.10. The quantitative estimate of drug-likeness (QED) is 0.402. The molecule has 4 aliphatic carbocycles. The molecular weight excluding hydrogens is 432 g/mol. The molecule has 0 unspecified atom stereocenters. The minimum Gasteiger partial charge on any atom is -0.496 e. The van der Waals surface area contributed by atoms with Crippen LogP contribution < -0.4 is 9.47 Å². The molecule has 4 fully saturated rings. The fourth-order valence-electron chi connectivity index (χ4n) is 6.93. The van der Waals surface area contributed by atoms with Crippen molar-refractivity contribution in [3.05, 3.63) is 63.7 Å². The van der Waals surface area contributed by atoms with E-state index in [1.165, 1.54) is 19.3 Å². The Balaban J connectivity index is 1.31. The van der Waals surface area contributed by atoms with Gasteiger partial charge in [-0.25, -0.2) is 0 Å². The Hall–Kier alpha value is -2.26. The highest BCUT2D eigenvalue weighted by atomic mass is 35.5. The number of carbonyl (C=O) groups is 1. The summed E-state index contributed by atoms with van der Waals surface area (Å²) in [5.41, 5.74) is 3.86. The van der Waals surface area contributed by atoms with Crippen LogP contribution in [-0.4, -0.2) is 12.9 Å². The monoisotopic (exact) mass is 464 g/mol. The Labute approximate surface area is 202 Å². The second-order valence-corrected chi connectivity index (χ2v) is 11.0. The summed E-state index contributed by atoms with van der Waals surface area (Å²) in [5.74, 6) is 4.23. The van der Waals surface area contributed by atoms with Gasteiger partial charge in [-0.2, -0.15) is 0 Å². The van der Waals surface area contributed by atoms with Crippen molar-refractivity contribution in [2.75, 3.05) is 7.11 Å². The lowest BCUT2D eigenvalue weighted by Crippen LogP contribution is -2.49. The van der Waals surface area contributed by atoms with Crippen molar-refractivity contribution in [2.45, 2.75) is 59.0 Å². The van der Waals surface area contributed by atoms with Crippen LogP contribution in [0, 0.1) is 37.0 Å². The zero-order valence-electron chi connectivity index (χ0n) is 19.8. The minimum atomic E-state index is -0.0893. The number of ketones is 1. The average molecular weight is 465 g/mol. The van der Waals surface area contributed by atoms with E-state index in [0.29, 0.717) is 12.4 Å². The molecule has 0 atom stereocenters. The van der Waals surface area contributed by atoms with Crippen molar-refractivity contribution in [1.29, 1.82) is 0 Å². The first-order valence-corrected chi connectivity index (χ1v) is 12.5. The molecule has 0 aliphatic heterocycles. The zero-order valence-corrected chi connectivity index (χ0v) is 20.6. The lowest BCUT2D eigenvalue weighted by molar-refractivity contribution is -0.138. The molecule has 6 rings (SSSR count). The molecule has 0 saturated heterocycles. The standard InChI is InChI=1S/C29H33ClO3/c1-18-8-25(9-19(2)28(18)30)33-17-24-13-20(4-6-26(24)32-3)5-7-27(31)29-14-21-10-22(15-29)12-23(11-21)16-29/h4-9,13,21-23H,10-12,14-17H2,1-3H3/b7-5+. The van der Waals surface area contributed by atoms with Gasteiger partial charge < -0.3 is 9.47 Å². The molecule has 4 heteroatoms. The summed E-state index contributed by atoms with van der Waals surface area (Å²) >= 11 is 6.28. The van der Waals surface area contributed by atoms with Crippen LogP contribution in [0.4, 0.5) is 0 Å². The largest absolute Gasteiger partial charge is 0.496 e. The van der Waals surface area contributed by atoms with Gasteiger partial charge in [0.2, 0.25) is 0 Å². The van der Waals surface area contributed by atoms with E-state index in [0.717, 1.165) is 75.8 Å². The van der Waals surface area contributed by atoms with Gasteiger partial charge in [0, 0.05) is 16.0 Å². The van der Waals surface area contributed by atoms with Gasteiger partial charge in [0.1, 0.15) is 18.1 Å². The third-order valence-corrected chi connectivity index (χ3v) is 8.69. The van der Waals surface area contributed by atoms with Crippen LogP contribution >= 0.6 is 11.6 Å². The number of halogens is 1. The lowest BCUT2D eigenvalue weighted by atomic mass is 9.48. The van der Waals surface area contributed by atoms with Gasteiger partial charge in [-0.15, -0.1) is 0 Å². The van der Waals surface area contributed by atoms with Crippen molar-refractivity contribution in [3.63, 3.8) is 0 Å². The molecule has 33 heavy (non-hydrogen) atoms. The Kier molecular flexibility index (Phi) is 6.03. The van der Waals surface area contributed by atoms with Crippen LogP contribution in [0.25, 0.3) is 6.08 Å². The zero-order chi connectivity index (χ0) is 23.2. The number of carbonyl (C=O) groups excluding carboxylic acids is 1. The Morgan fingerprint density at radius 1 is 1.03 bits per heavy atom. The van der Waals surface area contributed by atoms with Crippen molar-refractivity contribution < 1.29 is 14.3 Å². The number of rotatable bonds is 7. The van der Waals surface area contributed by atoms with Crippen LogP contribution in [0.15, 0.2) is 36.4 Å². The summed E-state index contributed by atoms with van der Waals surface area (Å²) in [5, 5.41) is 0.774. The van der Waals surface area contributed by atoms with Gasteiger partial charge in [-0.3, -0.25) is 4.79 Å². The van der Waals surface area contributed by atoms with Crippen LogP contribution in [0.2, 0.25) is 5.02 Å². The Morgan fingerprint density at radius 3 is 2.21 bits per heavy atom. The van der Waals surface area contributed by atoms with E-state index in [2.05, 4.69) is 6.07 Å². The number of ether oxygens (including phenoxy) is 2. The first-order chi connectivity index (χ1) is 15.8. The van der Waals surface area contributed by atoms with Gasteiger partial charge >= 0.3 is 0 Å². The highest BCUT2D eigenvalue weighted by Gasteiger charge is 2.53. The molecule has 0 amide bonds. The predicted octanol–water partition coefficient (Wildman–Crippen LogP) is 7.34. The van der Waals surface area contributed by atoms with E-state index in [9.17, 15) is 4.79 Å². The second kappa shape index (κ2) is 8.83. The summed E-state index contributed by atoms with van der Waals surface area (Å²) in [6.07, 6.45) is 11.2. The third kappa shape index (κ3) is 4.45. The number of allylic oxidation sites excluding steroid dienone is 1. The summed E-state index contributed by atoms with van der Waals surface area (Å²) in [4.78, 5) is 13.3. The van der Waals surface area contributed by atoms with Crippen molar-refractivity contribution in [1.82, 2.24) is 0 Å². The minimum absolute atomic E-state index is 0.0893. The number of hydrogen-bond donors (Lipinski definition) is 0. The first kappa shape index (κ1) is 22.5. The molecule has 0 heterocycles. The van der Waals surface area contributed by atoms with Crippen molar-refractivity contribution in [3.8, 4) is 11.5 Å². The van der Waals surface area contributed by atoms with E-state index >= 15 is 0 Å². The summed E-state index contributed by atoms with van der Waals surface area (Å²) in [6, 6.07) is 9.91. The van der Waals surface area contributed by atoms with Crippen LogP contribution in [0.5, 0.6) is 11.5 Å². The van der Waals surface area contributed by atoms with E-state index in [1.54, 1.807) is 7.11 Å². The molecule has 174 valence electrons. The molecule has 4 bridgehead atoms. The van der Waals surface area contributed by atoms with Crippen LogP contribution in [-0.2, 0) is 11.4 Å². The van der Waals surface area contributed by atoms with Crippen molar-refractivity contribution >= 4 is 23.5 Å². The summed E-state index contributed by atoms with van der Waals surface area (Å²) < 4.78 is 11.6. The maximum Gasteiger partial charge on any atom is 0.161 e. The fourth-order valence-corrected chi connectivity index (χ4v) is 7.04. The maximum atomic E-state index is 13.3. The van der Waals surface area contributed by atoms with Gasteiger partial charge in [0.05, 0.1) is 7.11 Å². The molecule has 2 aromatic rings. The molecule has 4 aliphatic rings. The number of hydrogen-bond acceptors (Lipinski definition) is 3. The van der Waals surface area contributed by atoms with E-state index in [4.69, 9.17) is 21.1 Å². The Morgan fingerprint density at radius 2 is 1.64 bits per heavy atom. The van der Waals surface area contributed by atoms with E-state index in [1.807, 2.05) is 50.3 Å². The molecule has 0 N–H and O–H groups in total. The van der Waals surface area contributed by atoms with Gasteiger partial charge in [-0.05, 0) is 117 Å². The highest BCUT2D eigenvalue weighted by Crippen LogP contribution is 2.60. The SMILES string of the molecule is COc1ccc(/C=C/C(=O)C23CC4CC(CC(C4)C2)C3)cc1COc1cc(C)c(Cl)c(C)c1. The molecular formula is C29H33ClO3. The molecule has 0 aromatic heterocycles. The Bertz CT molecular complexity index is 1040. The molecule has 4 saturated carbocycles. The average Bonchev–Trinajstić information content (AvgIpc) is 2.78. The van der Waals surface area contributed by atoms with Crippen molar-refractivity contribution in [2.24, 2.45) is 23.2 Å². The number of benzene rings is 2. The van der Waals surface area contributed by atoms with Crippen LogP contribution in [0.3, 0.4) is 0 Å². The van der Waals surface area contributed by atoms with E-state index in [-0.39, 0.29) is 5.41 Å². The van der Waals surface area contributed by atoms with Crippen LogP contribution in [0.1, 0.15) is 60.8 Å². The number of methoxy groups -OCH3 is 1.